The summed E-state index contributed by atoms with van der Waals surface area (Å²) in [4.78, 5) is 26.3. The standard InChI is InChI=1S/C16H15BrN2O3/c17-12-7-14(18-8-12)16(21)22-9-15(20)19-13-5-4-10-2-1-3-11(10)6-13/h4-8,18H,1-3,9H2,(H,19,20). The average molecular weight is 363 g/mol. The molecule has 2 aromatic rings. The number of hydrogen-bond donors (Lipinski definition) is 2. The normalized spacial score (nSPS) is 12.8. The molecule has 1 aromatic carbocycles. The molecule has 0 aliphatic heterocycles. The van der Waals surface area contributed by atoms with E-state index in [1.165, 1.54) is 11.1 Å². The molecule has 5 nitrogen and oxygen atoms in total. The molecule has 1 amide bonds. The predicted molar refractivity (Wildman–Crippen MR) is 85.9 cm³/mol. The van der Waals surface area contributed by atoms with Gasteiger partial charge in [0.1, 0.15) is 5.69 Å². The van der Waals surface area contributed by atoms with Crippen LogP contribution in [0.1, 0.15) is 28.0 Å². The molecule has 0 unspecified atom stereocenters. The zero-order valence-electron chi connectivity index (χ0n) is 11.8. The number of esters is 1. The summed E-state index contributed by atoms with van der Waals surface area (Å²) in [7, 11) is 0. The molecule has 1 aromatic heterocycles. The van der Waals surface area contributed by atoms with Crippen LogP contribution in [0.5, 0.6) is 0 Å². The Kier molecular flexibility index (Phi) is 4.29. The van der Waals surface area contributed by atoms with E-state index in [0.29, 0.717) is 5.69 Å². The van der Waals surface area contributed by atoms with E-state index in [0.717, 1.165) is 29.4 Å². The number of benzene rings is 1. The minimum Gasteiger partial charge on any atom is -0.451 e. The Morgan fingerprint density at radius 2 is 2.05 bits per heavy atom. The lowest BCUT2D eigenvalue weighted by molar-refractivity contribution is -0.119. The first-order chi connectivity index (χ1) is 10.6. The van der Waals surface area contributed by atoms with Gasteiger partial charge in [-0.1, -0.05) is 6.07 Å². The van der Waals surface area contributed by atoms with Crippen LogP contribution in [0.25, 0.3) is 0 Å². The van der Waals surface area contributed by atoms with Crippen LogP contribution in [0.2, 0.25) is 0 Å². The van der Waals surface area contributed by atoms with Crippen LogP contribution < -0.4 is 5.32 Å². The van der Waals surface area contributed by atoms with Crippen molar-refractivity contribution in [1.29, 1.82) is 0 Å². The number of ether oxygens (including phenoxy) is 1. The van der Waals surface area contributed by atoms with Gasteiger partial charge in [0.15, 0.2) is 6.61 Å². The van der Waals surface area contributed by atoms with Gasteiger partial charge >= 0.3 is 5.97 Å². The highest BCUT2D eigenvalue weighted by atomic mass is 79.9. The first-order valence-electron chi connectivity index (χ1n) is 7.04. The van der Waals surface area contributed by atoms with Crippen molar-refractivity contribution in [3.63, 3.8) is 0 Å². The van der Waals surface area contributed by atoms with Gasteiger partial charge in [-0.05, 0) is 64.5 Å². The lowest BCUT2D eigenvalue weighted by Gasteiger charge is -2.08. The average Bonchev–Trinajstić information content (AvgIpc) is 3.13. The Labute approximate surface area is 136 Å². The first-order valence-corrected chi connectivity index (χ1v) is 7.84. The summed E-state index contributed by atoms with van der Waals surface area (Å²) in [5.74, 6) is -0.910. The maximum Gasteiger partial charge on any atom is 0.355 e. The molecule has 3 rings (SSSR count). The molecule has 0 radical (unpaired) electrons. The van der Waals surface area contributed by atoms with Gasteiger partial charge < -0.3 is 15.0 Å². The van der Waals surface area contributed by atoms with E-state index in [1.807, 2.05) is 18.2 Å². The molecule has 1 heterocycles. The molecule has 1 aliphatic rings. The third-order valence-electron chi connectivity index (χ3n) is 3.58. The molecule has 0 spiro atoms. The molecule has 114 valence electrons. The van der Waals surface area contributed by atoms with Gasteiger partial charge in [-0.2, -0.15) is 0 Å². The molecule has 0 fully saturated rings. The molecule has 1 aliphatic carbocycles. The number of aromatic nitrogens is 1. The van der Waals surface area contributed by atoms with Crippen molar-refractivity contribution in [2.24, 2.45) is 0 Å². The molecule has 0 saturated heterocycles. The maximum atomic E-state index is 11.8. The number of carbonyl (C=O) groups is 2. The van der Waals surface area contributed by atoms with Crippen molar-refractivity contribution in [2.45, 2.75) is 19.3 Å². The van der Waals surface area contributed by atoms with Gasteiger partial charge in [0.25, 0.3) is 5.91 Å². The fourth-order valence-electron chi connectivity index (χ4n) is 2.54. The van der Waals surface area contributed by atoms with E-state index >= 15 is 0 Å². The fourth-order valence-corrected chi connectivity index (χ4v) is 2.88. The molecule has 6 heteroatoms. The van der Waals surface area contributed by atoms with E-state index in [1.54, 1.807) is 12.3 Å². The summed E-state index contributed by atoms with van der Waals surface area (Å²) in [6.07, 6.45) is 4.94. The molecule has 22 heavy (non-hydrogen) atoms. The van der Waals surface area contributed by atoms with Crippen molar-refractivity contribution < 1.29 is 14.3 Å². The maximum absolute atomic E-state index is 11.8. The van der Waals surface area contributed by atoms with Crippen molar-refractivity contribution in [3.8, 4) is 0 Å². The smallest absolute Gasteiger partial charge is 0.355 e. The number of halogens is 1. The summed E-state index contributed by atoms with van der Waals surface area (Å²) < 4.78 is 5.72. The van der Waals surface area contributed by atoms with Crippen molar-refractivity contribution in [2.75, 3.05) is 11.9 Å². The Hall–Kier alpha value is -2.08. The molecule has 0 saturated carbocycles. The number of anilines is 1. The zero-order chi connectivity index (χ0) is 15.5. The van der Waals surface area contributed by atoms with E-state index in [-0.39, 0.29) is 12.5 Å². The zero-order valence-corrected chi connectivity index (χ0v) is 13.4. The summed E-state index contributed by atoms with van der Waals surface area (Å²) >= 11 is 3.23. The quantitative estimate of drug-likeness (QED) is 0.821. The summed E-state index contributed by atoms with van der Waals surface area (Å²) in [5, 5.41) is 2.75. The predicted octanol–water partition coefficient (Wildman–Crippen LogP) is 3.06. The van der Waals surface area contributed by atoms with Crippen LogP contribution in [0.4, 0.5) is 5.69 Å². The molecule has 0 atom stereocenters. The van der Waals surface area contributed by atoms with Crippen molar-refractivity contribution in [3.05, 3.63) is 51.8 Å². The lowest BCUT2D eigenvalue weighted by atomic mass is 10.1. The highest BCUT2D eigenvalue weighted by molar-refractivity contribution is 9.10. The Bertz CT molecular complexity index is 724. The number of rotatable bonds is 4. The van der Waals surface area contributed by atoms with Crippen LogP contribution in [0, 0.1) is 0 Å². The van der Waals surface area contributed by atoms with Crippen molar-refractivity contribution >= 4 is 33.5 Å². The minimum absolute atomic E-state index is 0.303. The molecule has 0 bridgehead atoms. The first kappa shape index (κ1) is 14.8. The number of aromatic amines is 1. The van der Waals surface area contributed by atoms with Crippen LogP contribution >= 0.6 is 15.9 Å². The Morgan fingerprint density at radius 3 is 2.82 bits per heavy atom. The Morgan fingerprint density at radius 1 is 1.23 bits per heavy atom. The van der Waals surface area contributed by atoms with Gasteiger partial charge in [-0.15, -0.1) is 0 Å². The molecule has 2 N–H and O–H groups in total. The van der Waals surface area contributed by atoms with Crippen LogP contribution in [-0.4, -0.2) is 23.5 Å². The molecular weight excluding hydrogens is 348 g/mol. The summed E-state index contributed by atoms with van der Waals surface area (Å²) in [6, 6.07) is 7.51. The van der Waals surface area contributed by atoms with Gasteiger partial charge in [-0.25, -0.2) is 4.79 Å². The van der Waals surface area contributed by atoms with E-state index in [4.69, 9.17) is 4.74 Å². The van der Waals surface area contributed by atoms with E-state index < -0.39 is 5.97 Å². The third-order valence-corrected chi connectivity index (χ3v) is 4.04. The number of nitrogens with one attached hydrogen (secondary N) is 2. The second-order valence-corrected chi connectivity index (χ2v) is 6.11. The van der Waals surface area contributed by atoms with E-state index in [9.17, 15) is 9.59 Å². The number of fused-ring (bicyclic) bond motifs is 1. The largest absolute Gasteiger partial charge is 0.451 e. The SMILES string of the molecule is O=C(COC(=O)c1cc(Br)c[nH]1)Nc1ccc2c(c1)CCC2. The van der Waals surface area contributed by atoms with Crippen molar-refractivity contribution in [1.82, 2.24) is 4.98 Å². The fraction of sp³-hybridized carbons (Fsp3) is 0.250. The summed E-state index contributed by atoms with van der Waals surface area (Å²) in [6.45, 7) is -0.313. The van der Waals surface area contributed by atoms with E-state index in [2.05, 4.69) is 26.2 Å². The van der Waals surface area contributed by atoms with Gasteiger partial charge in [0.05, 0.1) is 0 Å². The van der Waals surface area contributed by atoms with Gasteiger partial charge in [-0.3, -0.25) is 4.79 Å². The van der Waals surface area contributed by atoms with Gasteiger partial charge in [0, 0.05) is 16.4 Å². The third kappa shape index (κ3) is 3.39. The second kappa shape index (κ2) is 6.36. The number of hydrogen-bond acceptors (Lipinski definition) is 3. The Balaban J connectivity index is 1.53. The number of aryl methyl sites for hydroxylation is 2. The van der Waals surface area contributed by atoms with Gasteiger partial charge in [0.2, 0.25) is 0 Å². The number of carbonyl (C=O) groups excluding carboxylic acids is 2. The van der Waals surface area contributed by atoms with Crippen LogP contribution in [0.15, 0.2) is 34.9 Å². The summed E-state index contributed by atoms with van der Waals surface area (Å²) in [5.41, 5.74) is 3.68. The van der Waals surface area contributed by atoms with Crippen LogP contribution in [0.3, 0.4) is 0 Å². The number of H-pyrrole nitrogens is 1. The second-order valence-electron chi connectivity index (χ2n) is 5.19. The lowest BCUT2D eigenvalue weighted by Crippen LogP contribution is -2.21. The molecular formula is C16H15BrN2O3. The van der Waals surface area contributed by atoms with Crippen LogP contribution in [-0.2, 0) is 22.4 Å². The monoisotopic (exact) mass is 362 g/mol. The number of amides is 1. The highest BCUT2D eigenvalue weighted by Gasteiger charge is 2.14. The highest BCUT2D eigenvalue weighted by Crippen LogP contribution is 2.24. The minimum atomic E-state index is -0.560. The topological polar surface area (TPSA) is 71.2 Å².